The van der Waals surface area contributed by atoms with Gasteiger partial charge in [-0.25, -0.2) is 10.2 Å². The molecule has 0 radical (unpaired) electrons. The van der Waals surface area contributed by atoms with E-state index in [2.05, 4.69) is 22.4 Å². The lowest BCUT2D eigenvalue weighted by Crippen LogP contribution is -3.00. The molecule has 0 aliphatic carbocycles. The number of halogens is 1. The van der Waals surface area contributed by atoms with Crippen molar-refractivity contribution in [3.05, 3.63) is 83.5 Å². The van der Waals surface area contributed by atoms with Gasteiger partial charge in [-0.05, 0) is 17.7 Å². The number of hydrogen-bond donors (Lipinski definition) is 2. The number of thiazole rings is 1. The van der Waals surface area contributed by atoms with Gasteiger partial charge in [0.05, 0.1) is 5.69 Å². The van der Waals surface area contributed by atoms with Crippen molar-refractivity contribution < 1.29 is 21.8 Å². The van der Waals surface area contributed by atoms with Gasteiger partial charge in [0, 0.05) is 17.6 Å². The molecule has 0 atom stereocenters. The van der Waals surface area contributed by atoms with Crippen LogP contribution < -0.4 is 32.5 Å². The Morgan fingerprint density at radius 3 is 2.42 bits per heavy atom. The van der Waals surface area contributed by atoms with Crippen LogP contribution in [0.1, 0.15) is 0 Å². The Kier molecular flexibility index (Phi) is 7.37. The molecule has 0 aliphatic rings. The maximum atomic E-state index is 12.0. The molecule has 3 aromatic rings. The van der Waals surface area contributed by atoms with Gasteiger partial charge in [0.1, 0.15) is 0 Å². The Hall–Kier alpha value is -2.64. The Morgan fingerprint density at radius 1 is 1.12 bits per heavy atom. The summed E-state index contributed by atoms with van der Waals surface area (Å²) >= 11 is 1.47. The summed E-state index contributed by atoms with van der Waals surface area (Å²) in [5.41, 5.74) is 5.38. The second kappa shape index (κ2) is 9.74. The molecule has 0 unspecified atom stereocenters. The van der Waals surface area contributed by atoms with Gasteiger partial charge in [0.25, 0.3) is 0 Å². The quantitative estimate of drug-likeness (QED) is 0.462. The summed E-state index contributed by atoms with van der Waals surface area (Å²) in [4.78, 5) is 12.7. The van der Waals surface area contributed by atoms with Gasteiger partial charge in [-0.1, -0.05) is 54.6 Å². The highest BCUT2D eigenvalue weighted by molar-refractivity contribution is 7.07. The third kappa shape index (κ3) is 4.93. The largest absolute Gasteiger partial charge is 1.00 e. The third-order valence-electron chi connectivity index (χ3n) is 3.46. The number of nitrogens with zero attached hydrogens (tertiary/aromatic N) is 2. The zero-order chi connectivity index (χ0) is 17.5. The van der Waals surface area contributed by atoms with Gasteiger partial charge in [-0.2, -0.15) is 0 Å². The third-order valence-corrected chi connectivity index (χ3v) is 4.33. The Bertz CT molecular complexity index is 919. The van der Waals surface area contributed by atoms with Crippen molar-refractivity contribution >= 4 is 23.1 Å². The van der Waals surface area contributed by atoms with E-state index in [1.165, 1.54) is 11.3 Å². The van der Waals surface area contributed by atoms with Crippen LogP contribution in [0.5, 0.6) is 0 Å². The first-order valence-corrected chi connectivity index (χ1v) is 8.66. The van der Waals surface area contributed by atoms with Crippen LogP contribution in [0.3, 0.4) is 0 Å². The number of nitrogens with one attached hydrogen (secondary N) is 2. The topological polar surface area (TPSA) is 58.4 Å². The number of amides is 2. The number of anilines is 1. The molecule has 1 aromatic heterocycles. The molecule has 2 amide bonds. The zero-order valence-electron chi connectivity index (χ0n) is 13.9. The molecule has 0 fully saturated rings. The Labute approximate surface area is 166 Å². The van der Waals surface area contributed by atoms with E-state index in [0.29, 0.717) is 17.0 Å². The molecule has 2 N–H and O–H groups in total. The van der Waals surface area contributed by atoms with Crippen molar-refractivity contribution in [3.8, 4) is 11.3 Å². The summed E-state index contributed by atoms with van der Waals surface area (Å²) in [5.74, 6) is 0. The number of urea groups is 1. The monoisotopic (exact) mass is 429 g/mol. The van der Waals surface area contributed by atoms with Crippen LogP contribution in [0.4, 0.5) is 10.5 Å². The summed E-state index contributed by atoms with van der Waals surface area (Å²) in [6.07, 6.45) is 1.81. The van der Waals surface area contributed by atoms with Crippen LogP contribution in [0.15, 0.2) is 83.8 Å². The van der Waals surface area contributed by atoms with Gasteiger partial charge < -0.3 is 26.9 Å². The lowest BCUT2D eigenvalue weighted by atomic mass is 10.2. The summed E-state index contributed by atoms with van der Waals surface area (Å²) in [6.45, 7) is 4.41. The maximum Gasteiger partial charge on any atom is 0.339 e. The summed E-state index contributed by atoms with van der Waals surface area (Å²) in [7, 11) is 0. The number of allylic oxidation sites excluding steroid dienone is 1. The lowest BCUT2D eigenvalue weighted by Gasteiger charge is -2.07. The van der Waals surface area contributed by atoms with Gasteiger partial charge in [-0.15, -0.1) is 23.0 Å². The van der Waals surface area contributed by atoms with Crippen LogP contribution in [0.25, 0.3) is 11.3 Å². The molecule has 26 heavy (non-hydrogen) atoms. The molecular weight excluding hydrogens is 412 g/mol. The fourth-order valence-electron chi connectivity index (χ4n) is 2.34. The fraction of sp³-hybridized carbons (Fsp3) is 0.0526. The molecule has 3 rings (SSSR count). The van der Waals surface area contributed by atoms with Gasteiger partial charge >= 0.3 is 6.03 Å². The SMILES string of the molecule is C=CCn1c(-c2ccccc2)cs/c1=N/NC(=O)Nc1ccccc1.[Br-]. The summed E-state index contributed by atoms with van der Waals surface area (Å²) in [6, 6.07) is 18.9. The van der Waals surface area contributed by atoms with E-state index in [-0.39, 0.29) is 23.0 Å². The van der Waals surface area contributed by atoms with Crippen molar-refractivity contribution in [3.63, 3.8) is 0 Å². The number of aromatic nitrogens is 1. The number of carbonyl (C=O) groups is 1. The van der Waals surface area contributed by atoms with E-state index in [9.17, 15) is 4.79 Å². The molecule has 5 nitrogen and oxygen atoms in total. The average molecular weight is 430 g/mol. The van der Waals surface area contributed by atoms with Crippen LogP contribution in [-0.4, -0.2) is 10.6 Å². The van der Waals surface area contributed by atoms with Crippen molar-refractivity contribution in [2.24, 2.45) is 5.10 Å². The number of benzene rings is 2. The first-order valence-electron chi connectivity index (χ1n) is 7.78. The van der Waals surface area contributed by atoms with E-state index in [4.69, 9.17) is 0 Å². The highest BCUT2D eigenvalue weighted by atomic mass is 79.9. The van der Waals surface area contributed by atoms with Gasteiger partial charge in [0.2, 0.25) is 4.80 Å². The van der Waals surface area contributed by atoms with E-state index in [1.807, 2.05) is 76.7 Å². The van der Waals surface area contributed by atoms with Crippen molar-refractivity contribution in [2.45, 2.75) is 6.54 Å². The summed E-state index contributed by atoms with van der Waals surface area (Å²) < 4.78 is 2.01. The van der Waals surface area contributed by atoms with E-state index >= 15 is 0 Å². The average Bonchev–Trinajstić information content (AvgIpc) is 3.05. The number of hydrogen-bond acceptors (Lipinski definition) is 3. The Balaban J connectivity index is 0.00000243. The molecule has 0 spiro atoms. The summed E-state index contributed by atoms with van der Waals surface area (Å²) in [5, 5.41) is 8.99. The molecular formula is C19H18BrN4OS-. The van der Waals surface area contributed by atoms with E-state index < -0.39 is 0 Å². The van der Waals surface area contributed by atoms with E-state index in [0.717, 1.165) is 11.3 Å². The minimum Gasteiger partial charge on any atom is -1.00 e. The lowest BCUT2D eigenvalue weighted by molar-refractivity contribution is -0.00000803. The Morgan fingerprint density at radius 2 is 1.77 bits per heavy atom. The van der Waals surface area contributed by atoms with Crippen LogP contribution >= 0.6 is 11.3 Å². The molecule has 7 heteroatoms. The molecule has 2 aromatic carbocycles. The molecule has 0 saturated heterocycles. The highest BCUT2D eigenvalue weighted by Gasteiger charge is 2.07. The van der Waals surface area contributed by atoms with Crippen molar-refractivity contribution in [1.29, 1.82) is 0 Å². The van der Waals surface area contributed by atoms with E-state index in [1.54, 1.807) is 0 Å². The minimum absolute atomic E-state index is 0. The van der Waals surface area contributed by atoms with Crippen LogP contribution in [-0.2, 0) is 6.54 Å². The molecule has 0 saturated carbocycles. The predicted molar refractivity (Wildman–Crippen MR) is 102 cm³/mol. The second-order valence-electron chi connectivity index (χ2n) is 5.21. The van der Waals surface area contributed by atoms with Crippen molar-refractivity contribution in [2.75, 3.05) is 5.32 Å². The first-order chi connectivity index (χ1) is 12.3. The highest BCUT2D eigenvalue weighted by Crippen LogP contribution is 2.19. The standard InChI is InChI=1S/C19H18N4OS.BrH/c1-2-13-23-17(15-9-5-3-6-10-15)14-25-19(23)22-21-18(24)20-16-11-7-4-8-12-16;/h2-12,14H,1,13H2,(H2,20,21,24);1H/p-1/b22-19+;. The van der Waals surface area contributed by atoms with Gasteiger partial charge in [0.15, 0.2) is 0 Å². The van der Waals surface area contributed by atoms with Crippen molar-refractivity contribution in [1.82, 2.24) is 9.99 Å². The fourth-order valence-corrected chi connectivity index (χ4v) is 3.22. The smallest absolute Gasteiger partial charge is 0.339 e. The second-order valence-corrected chi connectivity index (χ2v) is 6.05. The zero-order valence-corrected chi connectivity index (χ0v) is 16.3. The molecule has 134 valence electrons. The van der Waals surface area contributed by atoms with Crippen LogP contribution in [0, 0.1) is 0 Å². The maximum absolute atomic E-state index is 12.0. The number of para-hydroxylation sites is 1. The van der Waals surface area contributed by atoms with Crippen LogP contribution in [0.2, 0.25) is 0 Å². The molecule has 0 aliphatic heterocycles. The number of carbonyl (C=O) groups excluding carboxylic acids is 1. The minimum atomic E-state index is -0.383. The predicted octanol–water partition coefficient (Wildman–Crippen LogP) is 1.04. The first kappa shape index (κ1) is 19.7. The van der Waals surface area contributed by atoms with Gasteiger partial charge in [-0.3, -0.25) is 0 Å². The molecule has 1 heterocycles. The normalized spacial score (nSPS) is 10.7. The number of rotatable bonds is 5. The molecule has 0 bridgehead atoms.